The maximum Gasteiger partial charge on any atom is 0.411 e. The van der Waals surface area contributed by atoms with E-state index in [2.05, 4.69) is 15.6 Å². The van der Waals surface area contributed by atoms with Crippen molar-refractivity contribution in [2.45, 2.75) is 12.0 Å². The Morgan fingerprint density at radius 2 is 1.70 bits per heavy atom. The number of rotatable bonds is 6. The molecule has 46 heavy (non-hydrogen) atoms. The third kappa shape index (κ3) is 5.59. The molecule has 9 nitrogen and oxygen atoms in total. The zero-order chi connectivity index (χ0) is 31.8. The van der Waals surface area contributed by atoms with Crippen LogP contribution in [0.3, 0.4) is 0 Å². The first-order valence-corrected chi connectivity index (χ1v) is 14.9. The number of nitrogens with one attached hydrogen (secondary N) is 2. The first-order valence-electron chi connectivity index (χ1n) is 14.6. The number of halogens is 2. The van der Waals surface area contributed by atoms with Crippen molar-refractivity contribution in [3.05, 3.63) is 119 Å². The van der Waals surface area contributed by atoms with Crippen LogP contribution in [0.2, 0.25) is 5.02 Å². The maximum absolute atomic E-state index is 15.2. The molecule has 0 spiro atoms. The maximum atomic E-state index is 15.2. The predicted molar refractivity (Wildman–Crippen MR) is 170 cm³/mol. The molecule has 1 aromatic heterocycles. The first-order chi connectivity index (χ1) is 22.4. The van der Waals surface area contributed by atoms with E-state index in [0.29, 0.717) is 21.7 Å². The topological polar surface area (TPSA) is 110 Å². The molecule has 1 saturated heterocycles. The lowest BCUT2D eigenvalue weighted by Gasteiger charge is -2.33. The molecule has 2 heterocycles. The number of benzene rings is 4. The Bertz CT molecular complexity index is 1980. The second kappa shape index (κ2) is 12.1. The molecule has 1 aliphatic heterocycles. The van der Waals surface area contributed by atoms with Gasteiger partial charge in [0.2, 0.25) is 11.8 Å². The van der Waals surface area contributed by atoms with E-state index in [-0.39, 0.29) is 37.1 Å². The third-order valence-electron chi connectivity index (χ3n) is 8.14. The summed E-state index contributed by atoms with van der Waals surface area (Å²) >= 11 is 6.06. The highest BCUT2D eigenvalue weighted by atomic mass is 35.5. The number of pyridine rings is 1. The molecule has 2 aliphatic rings. The second-order valence-corrected chi connectivity index (χ2v) is 11.4. The molecule has 0 saturated carbocycles. The summed E-state index contributed by atoms with van der Waals surface area (Å²) < 4.78 is 26.7. The Kier molecular flexibility index (Phi) is 7.71. The minimum absolute atomic E-state index is 0.0335. The van der Waals surface area contributed by atoms with Crippen LogP contribution >= 0.6 is 11.6 Å². The number of carbonyl (C=O) groups is 3. The first kappa shape index (κ1) is 29.2. The second-order valence-electron chi connectivity index (χ2n) is 11.0. The van der Waals surface area contributed by atoms with Gasteiger partial charge in [-0.05, 0) is 58.7 Å². The normalized spacial score (nSPS) is 15.6. The van der Waals surface area contributed by atoms with Gasteiger partial charge in [-0.25, -0.2) is 9.18 Å². The van der Waals surface area contributed by atoms with Crippen LogP contribution in [0.1, 0.15) is 17.0 Å². The molecule has 1 aliphatic carbocycles. The molecule has 1 atom stereocenters. The summed E-state index contributed by atoms with van der Waals surface area (Å²) in [6, 6.07) is 25.5. The number of amides is 3. The molecular formula is C35H26ClFN4O5. The van der Waals surface area contributed by atoms with Crippen LogP contribution in [0.5, 0.6) is 11.5 Å². The predicted octanol–water partition coefficient (Wildman–Crippen LogP) is 6.51. The smallest absolute Gasteiger partial charge is 0.411 e. The van der Waals surface area contributed by atoms with Crippen molar-refractivity contribution in [1.82, 2.24) is 15.2 Å². The van der Waals surface area contributed by atoms with E-state index in [1.807, 2.05) is 48.5 Å². The largest absolute Gasteiger partial charge is 0.454 e. The molecule has 1 fully saturated rings. The number of aromatic nitrogens is 1. The van der Waals surface area contributed by atoms with Crippen LogP contribution in [0.25, 0.3) is 22.0 Å². The van der Waals surface area contributed by atoms with Gasteiger partial charge in [0.05, 0.1) is 5.52 Å². The number of fused-ring (bicyclic) bond motifs is 4. The fraction of sp³-hybridized carbons (Fsp3) is 0.143. The van der Waals surface area contributed by atoms with Gasteiger partial charge in [-0.3, -0.25) is 19.5 Å². The summed E-state index contributed by atoms with van der Waals surface area (Å²) in [6.45, 7) is -0.454. The summed E-state index contributed by atoms with van der Waals surface area (Å²) in [7, 11) is 0. The Hall–Kier alpha value is -5.48. The monoisotopic (exact) mass is 636 g/mol. The minimum Gasteiger partial charge on any atom is -0.454 e. The summed E-state index contributed by atoms with van der Waals surface area (Å²) in [6.07, 6.45) is 0.740. The molecule has 2 N–H and O–H groups in total. The number of hydrogen-bond acceptors (Lipinski definition) is 6. The van der Waals surface area contributed by atoms with Crippen LogP contribution < -0.4 is 15.4 Å². The highest BCUT2D eigenvalue weighted by molar-refractivity contribution is 6.31. The molecule has 4 aromatic carbocycles. The van der Waals surface area contributed by atoms with Gasteiger partial charge in [-0.15, -0.1) is 0 Å². The minimum atomic E-state index is -1.08. The van der Waals surface area contributed by atoms with Crippen LogP contribution in [-0.2, 0) is 14.3 Å². The highest BCUT2D eigenvalue weighted by Crippen LogP contribution is 2.44. The molecule has 7 rings (SSSR count). The summed E-state index contributed by atoms with van der Waals surface area (Å²) in [4.78, 5) is 44.3. The molecule has 5 aromatic rings. The van der Waals surface area contributed by atoms with Crippen LogP contribution in [0.4, 0.5) is 14.9 Å². The summed E-state index contributed by atoms with van der Waals surface area (Å²) in [5.41, 5.74) is 4.98. The third-order valence-corrected chi connectivity index (χ3v) is 8.38. The molecule has 230 valence electrons. The van der Waals surface area contributed by atoms with Crippen LogP contribution in [0.15, 0.2) is 97.2 Å². The molecular weight excluding hydrogens is 611 g/mol. The number of anilines is 1. The van der Waals surface area contributed by atoms with Gasteiger partial charge in [0, 0.05) is 40.8 Å². The van der Waals surface area contributed by atoms with E-state index in [1.54, 1.807) is 24.3 Å². The van der Waals surface area contributed by atoms with E-state index in [9.17, 15) is 14.4 Å². The van der Waals surface area contributed by atoms with Gasteiger partial charge in [0.1, 0.15) is 24.9 Å². The van der Waals surface area contributed by atoms with Gasteiger partial charge in [-0.1, -0.05) is 60.1 Å². The van der Waals surface area contributed by atoms with Crippen molar-refractivity contribution in [2.24, 2.45) is 0 Å². The van der Waals surface area contributed by atoms with E-state index < -0.39 is 29.8 Å². The average molecular weight is 637 g/mol. The number of nitrogens with zero attached hydrogens (tertiary/aromatic N) is 2. The lowest BCUT2D eigenvalue weighted by atomic mass is 9.98. The lowest BCUT2D eigenvalue weighted by molar-refractivity contribution is -0.129. The number of ether oxygens (including phenoxy) is 2. The molecule has 0 radical (unpaired) electrons. The van der Waals surface area contributed by atoms with Gasteiger partial charge >= 0.3 is 6.09 Å². The van der Waals surface area contributed by atoms with Crippen molar-refractivity contribution >= 4 is 46.1 Å². The summed E-state index contributed by atoms with van der Waals surface area (Å²) in [5, 5.41) is 6.42. The van der Waals surface area contributed by atoms with Gasteiger partial charge in [0.25, 0.3) is 0 Å². The standard InChI is InChI=1S/C35H26ClFN4O5/c36-20-9-11-26-29(15-20)38-14-13-31(26)46-32-12-10-21(16-28(32)37)40-34(43)30-17-39-33(42)18-41(30)35(44)45-19-27-24-7-3-1-5-22(24)23-6-2-4-8-25(23)27/h1-16,27,30H,17-19H2,(H,39,42)(H,40,43). The Labute approximate surface area is 267 Å². The fourth-order valence-electron chi connectivity index (χ4n) is 5.93. The van der Waals surface area contributed by atoms with E-state index in [0.717, 1.165) is 33.2 Å². The van der Waals surface area contributed by atoms with E-state index >= 15 is 4.39 Å². The van der Waals surface area contributed by atoms with Crippen molar-refractivity contribution in [1.29, 1.82) is 0 Å². The van der Waals surface area contributed by atoms with Crippen LogP contribution in [0, 0.1) is 5.82 Å². The molecule has 3 amide bonds. The fourth-order valence-corrected chi connectivity index (χ4v) is 6.10. The van der Waals surface area contributed by atoms with E-state index in [1.165, 1.54) is 18.3 Å². The number of piperazine rings is 1. The Morgan fingerprint density at radius 1 is 0.957 bits per heavy atom. The summed E-state index contributed by atoms with van der Waals surface area (Å²) in [5.74, 6) is -1.62. The highest BCUT2D eigenvalue weighted by Gasteiger charge is 2.37. The zero-order valence-electron chi connectivity index (χ0n) is 24.2. The number of carbonyl (C=O) groups excluding carboxylic acids is 3. The Morgan fingerprint density at radius 3 is 2.43 bits per heavy atom. The average Bonchev–Trinajstić information content (AvgIpc) is 3.38. The van der Waals surface area contributed by atoms with Gasteiger partial charge in [0.15, 0.2) is 11.6 Å². The van der Waals surface area contributed by atoms with Crippen LogP contribution in [-0.4, -0.2) is 53.5 Å². The number of hydrogen-bond donors (Lipinski definition) is 2. The van der Waals surface area contributed by atoms with Crippen molar-refractivity contribution in [2.75, 3.05) is 25.0 Å². The van der Waals surface area contributed by atoms with Crippen molar-refractivity contribution in [3.8, 4) is 22.6 Å². The lowest BCUT2D eigenvalue weighted by Crippen LogP contribution is -2.60. The Balaban J connectivity index is 1.04. The van der Waals surface area contributed by atoms with Crippen molar-refractivity contribution in [3.63, 3.8) is 0 Å². The van der Waals surface area contributed by atoms with E-state index in [4.69, 9.17) is 21.1 Å². The molecule has 1 unspecified atom stereocenters. The molecule has 11 heteroatoms. The van der Waals surface area contributed by atoms with Gasteiger partial charge in [-0.2, -0.15) is 0 Å². The SMILES string of the molecule is O=C1CN(C(=O)OCC2c3ccccc3-c3ccccc32)C(C(=O)Nc2ccc(Oc3ccnc4cc(Cl)ccc34)c(F)c2)CN1. The quantitative estimate of drug-likeness (QED) is 0.220. The van der Waals surface area contributed by atoms with Gasteiger partial charge < -0.3 is 20.1 Å². The molecule has 0 bridgehead atoms. The van der Waals surface area contributed by atoms with Crippen molar-refractivity contribution < 1.29 is 28.2 Å². The zero-order valence-corrected chi connectivity index (χ0v) is 25.0.